The number of benzene rings is 1. The molecule has 0 aliphatic rings. The van der Waals surface area contributed by atoms with E-state index in [4.69, 9.17) is 16.3 Å². The molecule has 0 heterocycles. The highest BCUT2D eigenvalue weighted by Crippen LogP contribution is 2.14. The Hall–Kier alpha value is -1.55. The van der Waals surface area contributed by atoms with Gasteiger partial charge in [0.1, 0.15) is 0 Å². The van der Waals surface area contributed by atoms with Crippen LogP contribution >= 0.6 is 11.6 Å². The first-order valence-electron chi connectivity index (χ1n) is 8.67. The van der Waals surface area contributed by atoms with Crippen LogP contribution in [0, 0.1) is 0 Å². The molecule has 1 atom stereocenters. The summed E-state index contributed by atoms with van der Waals surface area (Å²) in [6.45, 7) is 6.64. The van der Waals surface area contributed by atoms with Crippen LogP contribution in [-0.4, -0.2) is 36.0 Å². The van der Waals surface area contributed by atoms with Crippen molar-refractivity contribution < 1.29 is 14.3 Å². The largest absolute Gasteiger partial charge is 0.466 e. The fourth-order valence-electron chi connectivity index (χ4n) is 2.49. The lowest BCUT2D eigenvalue weighted by molar-refractivity contribution is -0.144. The molecule has 1 unspecified atom stereocenters. The Morgan fingerprint density at radius 2 is 1.83 bits per heavy atom. The average molecular weight is 354 g/mol. The van der Waals surface area contributed by atoms with Crippen molar-refractivity contribution >= 4 is 23.5 Å². The van der Waals surface area contributed by atoms with E-state index in [2.05, 4.69) is 0 Å². The highest BCUT2D eigenvalue weighted by molar-refractivity contribution is 6.30. The van der Waals surface area contributed by atoms with Crippen LogP contribution in [0.4, 0.5) is 0 Å². The number of ether oxygens (including phenoxy) is 1. The van der Waals surface area contributed by atoms with Crippen molar-refractivity contribution in [2.45, 2.75) is 58.9 Å². The molecule has 0 aliphatic heterocycles. The van der Waals surface area contributed by atoms with E-state index in [0.29, 0.717) is 19.6 Å². The molecule has 0 saturated heterocycles. The summed E-state index contributed by atoms with van der Waals surface area (Å²) in [7, 11) is 0. The number of nitrogens with zero attached hydrogens (tertiary/aromatic N) is 1. The molecule has 1 aromatic carbocycles. The van der Waals surface area contributed by atoms with E-state index in [1.54, 1.807) is 11.8 Å². The van der Waals surface area contributed by atoms with Crippen molar-refractivity contribution in [2.24, 2.45) is 0 Å². The Morgan fingerprint density at radius 3 is 2.42 bits per heavy atom. The maximum absolute atomic E-state index is 12.5. The van der Waals surface area contributed by atoms with Crippen molar-refractivity contribution in [2.75, 3.05) is 13.2 Å². The quantitative estimate of drug-likeness (QED) is 0.591. The molecule has 5 heteroatoms. The predicted molar refractivity (Wildman–Crippen MR) is 97.1 cm³/mol. The topological polar surface area (TPSA) is 46.6 Å². The molecular formula is C19H28ClNO3. The molecule has 1 amide bonds. The van der Waals surface area contributed by atoms with Crippen LogP contribution < -0.4 is 0 Å². The fraction of sp³-hybridized carbons (Fsp3) is 0.579. The number of esters is 1. The molecule has 0 saturated carbocycles. The number of amides is 1. The van der Waals surface area contributed by atoms with Crippen molar-refractivity contribution in [1.29, 1.82) is 0 Å². The highest BCUT2D eigenvalue weighted by atomic mass is 35.5. The van der Waals surface area contributed by atoms with Gasteiger partial charge in [0.25, 0.3) is 0 Å². The van der Waals surface area contributed by atoms with Gasteiger partial charge < -0.3 is 9.64 Å². The molecule has 24 heavy (non-hydrogen) atoms. The smallest absolute Gasteiger partial charge is 0.307 e. The Morgan fingerprint density at radius 1 is 1.17 bits per heavy atom. The van der Waals surface area contributed by atoms with Gasteiger partial charge in [-0.1, -0.05) is 30.7 Å². The van der Waals surface area contributed by atoms with Gasteiger partial charge in [0.05, 0.1) is 13.0 Å². The fourth-order valence-corrected chi connectivity index (χ4v) is 2.62. The average Bonchev–Trinajstić information content (AvgIpc) is 2.56. The van der Waals surface area contributed by atoms with E-state index < -0.39 is 0 Å². The van der Waals surface area contributed by atoms with Crippen LogP contribution in [0.1, 0.15) is 52.0 Å². The lowest BCUT2D eigenvalue weighted by Gasteiger charge is -2.28. The van der Waals surface area contributed by atoms with Gasteiger partial charge in [0, 0.05) is 24.0 Å². The number of aryl methyl sites for hydroxylation is 1. The summed E-state index contributed by atoms with van der Waals surface area (Å²) in [5.41, 5.74) is 1.17. The van der Waals surface area contributed by atoms with Crippen LogP contribution in [0.5, 0.6) is 0 Å². The third-order valence-corrected chi connectivity index (χ3v) is 4.33. The minimum atomic E-state index is -0.250. The third-order valence-electron chi connectivity index (χ3n) is 4.07. The predicted octanol–water partition coefficient (Wildman–Crippen LogP) is 4.24. The van der Waals surface area contributed by atoms with Crippen molar-refractivity contribution in [3.63, 3.8) is 0 Å². The molecule has 0 aliphatic carbocycles. The molecule has 0 N–H and O–H groups in total. The molecule has 0 radical (unpaired) electrons. The second-order valence-corrected chi connectivity index (χ2v) is 6.32. The number of hydrogen-bond acceptors (Lipinski definition) is 3. The Labute approximate surface area is 150 Å². The van der Waals surface area contributed by atoms with E-state index in [9.17, 15) is 9.59 Å². The van der Waals surface area contributed by atoms with Crippen LogP contribution in [0.3, 0.4) is 0 Å². The number of rotatable bonds is 10. The second-order valence-electron chi connectivity index (χ2n) is 5.88. The maximum Gasteiger partial charge on any atom is 0.307 e. The molecule has 0 spiro atoms. The molecule has 134 valence electrons. The minimum Gasteiger partial charge on any atom is -0.466 e. The Kier molecular flexibility index (Phi) is 9.46. The molecule has 0 aromatic heterocycles. The summed E-state index contributed by atoms with van der Waals surface area (Å²) in [5, 5.41) is 0.719. The van der Waals surface area contributed by atoms with Crippen molar-refractivity contribution in [3.05, 3.63) is 34.9 Å². The molecular weight excluding hydrogens is 326 g/mol. The molecule has 4 nitrogen and oxygen atoms in total. The summed E-state index contributed by atoms with van der Waals surface area (Å²) >= 11 is 5.87. The van der Waals surface area contributed by atoms with Gasteiger partial charge in [-0.25, -0.2) is 0 Å². The van der Waals surface area contributed by atoms with Gasteiger partial charge in [-0.05, 0) is 50.8 Å². The van der Waals surface area contributed by atoms with Gasteiger partial charge in [-0.15, -0.1) is 0 Å². The third kappa shape index (κ3) is 7.35. The van der Waals surface area contributed by atoms with Gasteiger partial charge >= 0.3 is 5.97 Å². The van der Waals surface area contributed by atoms with E-state index in [1.807, 2.05) is 38.1 Å². The zero-order valence-electron chi connectivity index (χ0n) is 14.9. The number of carbonyl (C=O) groups is 2. The Balaban J connectivity index is 2.48. The summed E-state index contributed by atoms with van der Waals surface area (Å²) < 4.78 is 4.95. The zero-order chi connectivity index (χ0) is 17.9. The SMILES string of the molecule is CCOC(=O)CCN(C(=O)CCCc1ccc(Cl)cc1)C(C)CC. The molecule has 0 fully saturated rings. The first-order chi connectivity index (χ1) is 11.5. The van der Waals surface area contributed by atoms with E-state index >= 15 is 0 Å². The zero-order valence-corrected chi connectivity index (χ0v) is 15.6. The van der Waals surface area contributed by atoms with Crippen molar-refractivity contribution in [1.82, 2.24) is 4.90 Å². The molecule has 1 aromatic rings. The summed E-state index contributed by atoms with van der Waals surface area (Å²) in [6, 6.07) is 7.83. The first-order valence-corrected chi connectivity index (χ1v) is 9.05. The van der Waals surface area contributed by atoms with Crippen molar-refractivity contribution in [3.8, 4) is 0 Å². The normalized spacial score (nSPS) is 11.8. The molecule has 1 rings (SSSR count). The van der Waals surface area contributed by atoms with Crippen LogP contribution in [0.2, 0.25) is 5.02 Å². The monoisotopic (exact) mass is 353 g/mol. The maximum atomic E-state index is 12.5. The number of carbonyl (C=O) groups excluding carboxylic acids is 2. The van der Waals surface area contributed by atoms with Gasteiger partial charge in [0.15, 0.2) is 0 Å². The summed E-state index contributed by atoms with van der Waals surface area (Å²) in [4.78, 5) is 25.9. The number of hydrogen-bond donors (Lipinski definition) is 0. The van der Waals surface area contributed by atoms with Crippen LogP contribution in [0.25, 0.3) is 0 Å². The van der Waals surface area contributed by atoms with Gasteiger partial charge in [-0.2, -0.15) is 0 Å². The van der Waals surface area contributed by atoms with E-state index in [-0.39, 0.29) is 24.3 Å². The first kappa shape index (κ1) is 20.5. The van der Waals surface area contributed by atoms with E-state index in [1.165, 1.54) is 5.56 Å². The van der Waals surface area contributed by atoms with Crippen LogP contribution in [0.15, 0.2) is 24.3 Å². The lowest BCUT2D eigenvalue weighted by atomic mass is 10.1. The van der Waals surface area contributed by atoms with Gasteiger partial charge in [-0.3, -0.25) is 9.59 Å². The summed E-state index contributed by atoms with van der Waals surface area (Å²) in [5.74, 6) is -0.151. The standard InChI is InChI=1S/C19H28ClNO3/c1-4-15(3)21(14-13-19(23)24-5-2)18(22)8-6-7-16-9-11-17(20)12-10-16/h9-12,15H,4-8,13-14H2,1-3H3. The highest BCUT2D eigenvalue weighted by Gasteiger charge is 2.19. The summed E-state index contributed by atoms with van der Waals surface area (Å²) in [6.07, 6.45) is 3.23. The second kappa shape index (κ2) is 11.1. The minimum absolute atomic E-state index is 0.0996. The molecule has 0 bridgehead atoms. The van der Waals surface area contributed by atoms with Crippen LogP contribution in [-0.2, 0) is 20.7 Å². The lowest BCUT2D eigenvalue weighted by Crippen LogP contribution is -2.39. The van der Waals surface area contributed by atoms with Gasteiger partial charge in [0.2, 0.25) is 5.91 Å². The Bertz CT molecular complexity index is 516. The van der Waals surface area contributed by atoms with E-state index in [0.717, 1.165) is 24.3 Å². The number of halogens is 1.